The first kappa shape index (κ1) is 30.4. The maximum atomic E-state index is 13.3. The molecule has 226 valence electrons. The summed E-state index contributed by atoms with van der Waals surface area (Å²) >= 11 is 0. The van der Waals surface area contributed by atoms with Crippen LogP contribution in [0.4, 0.5) is 16.3 Å². The SMILES string of the molecule is COCC(=O)Cc1cc(COc2ccc(NC(=O)Nc3cc(C(C)(C)C)nn3-c3ccc(C)cc3)c3ccccc23)ccn1. The molecule has 0 fully saturated rings. The molecule has 0 radical (unpaired) electrons. The van der Waals surface area contributed by atoms with E-state index in [1.165, 1.54) is 7.11 Å². The van der Waals surface area contributed by atoms with Crippen molar-refractivity contribution < 1.29 is 19.1 Å². The lowest BCUT2D eigenvalue weighted by molar-refractivity contribution is -0.122. The van der Waals surface area contributed by atoms with Crippen molar-refractivity contribution in [2.24, 2.45) is 0 Å². The Kier molecular flexibility index (Phi) is 9.06. The summed E-state index contributed by atoms with van der Waals surface area (Å²) in [5.74, 6) is 1.21. The highest BCUT2D eigenvalue weighted by Gasteiger charge is 2.22. The number of methoxy groups -OCH3 is 1. The molecule has 0 bridgehead atoms. The van der Waals surface area contributed by atoms with E-state index in [1.54, 1.807) is 10.9 Å². The predicted octanol–water partition coefficient (Wildman–Crippen LogP) is 7.01. The van der Waals surface area contributed by atoms with Gasteiger partial charge >= 0.3 is 6.03 Å². The van der Waals surface area contributed by atoms with E-state index in [9.17, 15) is 9.59 Å². The number of aryl methyl sites for hydroxylation is 1. The molecule has 0 saturated heterocycles. The van der Waals surface area contributed by atoms with Crippen molar-refractivity contribution in [3.8, 4) is 11.4 Å². The highest BCUT2D eigenvalue weighted by atomic mass is 16.5. The van der Waals surface area contributed by atoms with E-state index in [1.807, 2.05) is 85.8 Å². The first-order valence-corrected chi connectivity index (χ1v) is 14.5. The van der Waals surface area contributed by atoms with Gasteiger partial charge in [0.2, 0.25) is 0 Å². The van der Waals surface area contributed by atoms with Crippen LogP contribution in [0, 0.1) is 6.92 Å². The van der Waals surface area contributed by atoms with Gasteiger partial charge in [0.15, 0.2) is 5.78 Å². The molecule has 0 unspecified atom stereocenters. The van der Waals surface area contributed by atoms with Crippen molar-refractivity contribution in [2.75, 3.05) is 24.4 Å². The van der Waals surface area contributed by atoms with Crippen LogP contribution in [-0.2, 0) is 28.0 Å². The number of pyridine rings is 1. The molecule has 0 aliphatic rings. The second-order valence-corrected chi connectivity index (χ2v) is 11.7. The molecule has 9 heteroatoms. The smallest absolute Gasteiger partial charge is 0.324 e. The van der Waals surface area contributed by atoms with Crippen LogP contribution in [0.15, 0.2) is 85.1 Å². The number of anilines is 2. The van der Waals surface area contributed by atoms with Gasteiger partial charge in [-0.15, -0.1) is 0 Å². The van der Waals surface area contributed by atoms with Crippen molar-refractivity contribution >= 4 is 34.1 Å². The summed E-state index contributed by atoms with van der Waals surface area (Å²) in [5, 5.41) is 12.5. The van der Waals surface area contributed by atoms with Crippen LogP contribution in [0.2, 0.25) is 0 Å². The summed E-state index contributed by atoms with van der Waals surface area (Å²) in [7, 11) is 1.50. The van der Waals surface area contributed by atoms with Crippen molar-refractivity contribution in [1.82, 2.24) is 14.8 Å². The number of fused-ring (bicyclic) bond motifs is 1. The number of nitrogens with one attached hydrogen (secondary N) is 2. The number of hydrogen-bond donors (Lipinski definition) is 2. The number of carbonyl (C=O) groups excluding carboxylic acids is 2. The first-order chi connectivity index (χ1) is 21.1. The van der Waals surface area contributed by atoms with E-state index in [4.69, 9.17) is 14.6 Å². The molecule has 0 saturated carbocycles. The van der Waals surface area contributed by atoms with Crippen LogP contribution < -0.4 is 15.4 Å². The Labute approximate surface area is 257 Å². The molecule has 9 nitrogen and oxygen atoms in total. The summed E-state index contributed by atoms with van der Waals surface area (Å²) in [5.41, 5.74) is 4.87. The van der Waals surface area contributed by atoms with E-state index < -0.39 is 0 Å². The fourth-order valence-corrected chi connectivity index (χ4v) is 4.79. The number of hydrogen-bond acceptors (Lipinski definition) is 6. The highest BCUT2D eigenvalue weighted by Crippen LogP contribution is 2.33. The lowest BCUT2D eigenvalue weighted by Gasteiger charge is -2.15. The van der Waals surface area contributed by atoms with Crippen LogP contribution in [0.3, 0.4) is 0 Å². The van der Waals surface area contributed by atoms with Gasteiger partial charge in [-0.05, 0) is 48.9 Å². The number of aromatic nitrogens is 3. The molecule has 5 aromatic rings. The molecule has 44 heavy (non-hydrogen) atoms. The molecule has 0 aliphatic carbocycles. The predicted molar refractivity (Wildman–Crippen MR) is 173 cm³/mol. The van der Waals surface area contributed by atoms with Crippen LogP contribution in [-0.4, -0.2) is 40.3 Å². The number of benzene rings is 3. The number of urea groups is 1. The molecule has 2 aromatic heterocycles. The lowest BCUT2D eigenvalue weighted by Crippen LogP contribution is -2.21. The van der Waals surface area contributed by atoms with Gasteiger partial charge in [-0.2, -0.15) is 5.10 Å². The minimum atomic E-state index is -0.384. The average Bonchev–Trinajstić information content (AvgIpc) is 3.42. The molecule has 5 rings (SSSR count). The minimum Gasteiger partial charge on any atom is -0.488 e. The molecule has 0 aliphatic heterocycles. The number of amides is 2. The Balaban J connectivity index is 1.33. The molecule has 0 spiro atoms. The van der Waals surface area contributed by atoms with Crippen molar-refractivity contribution in [2.45, 2.75) is 46.1 Å². The normalized spacial score (nSPS) is 11.4. The third-order valence-corrected chi connectivity index (χ3v) is 7.09. The summed E-state index contributed by atoms with van der Waals surface area (Å²) in [6, 6.07) is 24.7. The van der Waals surface area contributed by atoms with Crippen LogP contribution in [0.25, 0.3) is 16.5 Å². The second kappa shape index (κ2) is 13.1. The number of carbonyl (C=O) groups is 2. The molecule has 2 N–H and O–H groups in total. The minimum absolute atomic E-state index is 0.0366. The zero-order valence-corrected chi connectivity index (χ0v) is 25.7. The molecule has 0 atom stereocenters. The maximum Gasteiger partial charge on any atom is 0.324 e. The Hall–Kier alpha value is -5.02. The summed E-state index contributed by atoms with van der Waals surface area (Å²) in [6.45, 7) is 8.65. The number of ketones is 1. The van der Waals surface area contributed by atoms with Crippen LogP contribution >= 0.6 is 0 Å². The Morgan fingerprint density at radius 3 is 2.39 bits per heavy atom. The topological polar surface area (TPSA) is 107 Å². The number of Topliss-reactive ketones (excluding diaryl/α,β-unsaturated/α-hetero) is 1. The fourth-order valence-electron chi connectivity index (χ4n) is 4.79. The van der Waals surface area contributed by atoms with Crippen molar-refractivity contribution in [3.05, 3.63) is 108 Å². The summed E-state index contributed by atoms with van der Waals surface area (Å²) in [4.78, 5) is 29.6. The number of nitrogens with zero attached hydrogens (tertiary/aromatic N) is 3. The Morgan fingerprint density at radius 1 is 0.909 bits per heavy atom. The molecule has 2 heterocycles. The van der Waals surface area contributed by atoms with Crippen LogP contribution in [0.1, 0.15) is 43.3 Å². The van der Waals surface area contributed by atoms with Crippen molar-refractivity contribution in [1.29, 1.82) is 0 Å². The van der Waals surface area contributed by atoms with E-state index in [0.717, 1.165) is 33.3 Å². The quantitative estimate of drug-likeness (QED) is 0.181. The first-order valence-electron chi connectivity index (χ1n) is 14.5. The molecule has 3 aromatic carbocycles. The fraction of sp³-hybridized carbons (Fsp3) is 0.257. The van der Waals surface area contributed by atoms with Gasteiger partial charge in [0.25, 0.3) is 0 Å². The van der Waals surface area contributed by atoms with Crippen molar-refractivity contribution in [3.63, 3.8) is 0 Å². The van der Waals surface area contributed by atoms with Gasteiger partial charge in [0, 0.05) is 41.3 Å². The largest absolute Gasteiger partial charge is 0.488 e. The molecular formula is C35H37N5O4. The zero-order chi connectivity index (χ0) is 31.3. The summed E-state index contributed by atoms with van der Waals surface area (Å²) in [6.07, 6.45) is 1.88. The second-order valence-electron chi connectivity index (χ2n) is 11.7. The van der Waals surface area contributed by atoms with Gasteiger partial charge in [-0.3, -0.25) is 15.1 Å². The van der Waals surface area contributed by atoms with Gasteiger partial charge in [-0.25, -0.2) is 9.48 Å². The number of rotatable bonds is 10. The lowest BCUT2D eigenvalue weighted by atomic mass is 9.92. The third kappa shape index (κ3) is 7.30. The Bertz CT molecular complexity index is 1790. The molecule has 2 amide bonds. The van der Waals surface area contributed by atoms with E-state index in [-0.39, 0.29) is 30.3 Å². The van der Waals surface area contributed by atoms with Gasteiger partial charge in [0.1, 0.15) is 24.8 Å². The van der Waals surface area contributed by atoms with Crippen LogP contribution in [0.5, 0.6) is 5.75 Å². The van der Waals surface area contributed by atoms with Gasteiger partial charge in [-0.1, -0.05) is 62.7 Å². The maximum absolute atomic E-state index is 13.3. The van der Waals surface area contributed by atoms with E-state index in [0.29, 0.717) is 29.6 Å². The Morgan fingerprint density at radius 2 is 1.66 bits per heavy atom. The van der Waals surface area contributed by atoms with Gasteiger partial charge < -0.3 is 14.8 Å². The highest BCUT2D eigenvalue weighted by molar-refractivity contribution is 6.07. The summed E-state index contributed by atoms with van der Waals surface area (Å²) < 4.78 is 12.9. The molecular weight excluding hydrogens is 554 g/mol. The van der Waals surface area contributed by atoms with E-state index >= 15 is 0 Å². The number of ether oxygens (including phenoxy) is 2. The zero-order valence-electron chi connectivity index (χ0n) is 25.7. The van der Waals surface area contributed by atoms with Gasteiger partial charge in [0.05, 0.1) is 23.5 Å². The third-order valence-electron chi connectivity index (χ3n) is 7.09. The van der Waals surface area contributed by atoms with E-state index in [2.05, 4.69) is 36.4 Å². The monoisotopic (exact) mass is 591 g/mol. The standard InChI is InChI=1S/C35H37N5O4/c1-23-10-12-26(13-11-23)40-33(20-32(39-40)35(2,3)4)38-34(42)37-30-14-15-31(29-9-7-6-8-28(29)30)44-21-24-16-17-36-25(18-24)19-27(41)22-43-5/h6-18,20H,19,21-22H2,1-5H3,(H2,37,38,42). The average molecular weight is 592 g/mol.